The van der Waals surface area contributed by atoms with Crippen molar-refractivity contribution >= 4 is 12.1 Å². The second kappa shape index (κ2) is 8.12. The Morgan fingerprint density at radius 3 is 2.38 bits per heavy atom. The van der Waals surface area contributed by atoms with Crippen molar-refractivity contribution in [1.82, 2.24) is 5.32 Å². The number of methoxy groups -OCH3 is 1. The number of esters is 1. The van der Waals surface area contributed by atoms with Crippen molar-refractivity contribution in [3.8, 4) is 0 Å². The molecule has 0 aliphatic carbocycles. The topological polar surface area (TPSA) is 105 Å². The van der Waals surface area contributed by atoms with Gasteiger partial charge in [-0.05, 0) is 51.0 Å². The molecule has 0 radical (unpaired) electrons. The van der Waals surface area contributed by atoms with Crippen LogP contribution >= 0.6 is 0 Å². The third-order valence-corrected chi connectivity index (χ3v) is 3.23. The molecule has 0 heterocycles. The largest absolute Gasteiger partial charge is 0.465 e. The molecule has 24 heavy (non-hydrogen) atoms. The Kier molecular flexibility index (Phi) is 6.74. The number of alkyl carbamates (subject to hydrolysis) is 1. The molecule has 1 aromatic carbocycles. The van der Waals surface area contributed by atoms with E-state index in [4.69, 9.17) is 4.74 Å². The zero-order valence-electron chi connectivity index (χ0n) is 14.6. The zero-order valence-corrected chi connectivity index (χ0v) is 14.6. The van der Waals surface area contributed by atoms with Gasteiger partial charge in [-0.1, -0.05) is 6.07 Å². The minimum Gasteiger partial charge on any atom is -0.465 e. The molecule has 2 unspecified atom stereocenters. The Balaban J connectivity index is 2.70. The van der Waals surface area contributed by atoms with Gasteiger partial charge in [0.15, 0.2) is 0 Å². The molecule has 1 rings (SSSR count). The summed E-state index contributed by atoms with van der Waals surface area (Å²) in [6, 6.07) is 4.62. The van der Waals surface area contributed by atoms with Gasteiger partial charge in [0.1, 0.15) is 17.8 Å². The number of rotatable bonds is 5. The summed E-state index contributed by atoms with van der Waals surface area (Å²) in [5.41, 5.74) is 0.795. The molecule has 134 valence electrons. The second-order valence-electron chi connectivity index (χ2n) is 6.46. The van der Waals surface area contributed by atoms with Crippen LogP contribution in [0.1, 0.15) is 48.4 Å². The van der Waals surface area contributed by atoms with Crippen molar-refractivity contribution < 1.29 is 29.3 Å². The van der Waals surface area contributed by atoms with E-state index in [2.05, 4.69) is 10.1 Å². The molecule has 0 bridgehead atoms. The van der Waals surface area contributed by atoms with Crippen LogP contribution in [-0.2, 0) is 9.47 Å². The molecule has 0 fully saturated rings. The van der Waals surface area contributed by atoms with Gasteiger partial charge in [-0.2, -0.15) is 0 Å². The third-order valence-electron chi connectivity index (χ3n) is 3.23. The summed E-state index contributed by atoms with van der Waals surface area (Å²) >= 11 is 0. The molecule has 0 spiro atoms. The lowest BCUT2D eigenvalue weighted by Gasteiger charge is -2.23. The van der Waals surface area contributed by atoms with Crippen LogP contribution in [0.3, 0.4) is 0 Å². The van der Waals surface area contributed by atoms with Gasteiger partial charge in [-0.3, -0.25) is 0 Å². The predicted molar refractivity (Wildman–Crippen MR) is 87.7 cm³/mol. The fourth-order valence-electron chi connectivity index (χ4n) is 2.07. The normalized spacial score (nSPS) is 13.8. The summed E-state index contributed by atoms with van der Waals surface area (Å²) in [5.74, 6) is -0.480. The SMILES string of the molecule is COC(=O)c1ccc(C(O)C(O)CNC(=O)OC(C)(C)C)c(C)c1. The second-order valence-corrected chi connectivity index (χ2v) is 6.46. The Morgan fingerprint density at radius 2 is 1.88 bits per heavy atom. The first-order valence-corrected chi connectivity index (χ1v) is 7.57. The van der Waals surface area contributed by atoms with Gasteiger partial charge in [0.2, 0.25) is 0 Å². The molecule has 0 saturated carbocycles. The van der Waals surface area contributed by atoms with Crippen molar-refractivity contribution in [3.05, 3.63) is 34.9 Å². The van der Waals surface area contributed by atoms with Gasteiger partial charge in [-0.15, -0.1) is 0 Å². The van der Waals surface area contributed by atoms with Crippen LogP contribution in [0.5, 0.6) is 0 Å². The monoisotopic (exact) mass is 339 g/mol. The number of hydrogen-bond donors (Lipinski definition) is 3. The maximum absolute atomic E-state index is 11.6. The molecule has 0 aromatic heterocycles. The number of aliphatic hydroxyl groups is 2. The first kappa shape index (κ1) is 19.9. The molecule has 1 amide bonds. The van der Waals surface area contributed by atoms with Crippen LogP contribution in [-0.4, -0.2) is 47.6 Å². The fraction of sp³-hybridized carbons (Fsp3) is 0.529. The van der Waals surface area contributed by atoms with Crippen molar-refractivity contribution in [2.24, 2.45) is 0 Å². The van der Waals surface area contributed by atoms with Crippen molar-refractivity contribution in [2.75, 3.05) is 13.7 Å². The Labute approximate surface area is 141 Å². The van der Waals surface area contributed by atoms with Crippen LogP contribution in [0.15, 0.2) is 18.2 Å². The summed E-state index contributed by atoms with van der Waals surface area (Å²) in [7, 11) is 1.28. The molecule has 2 atom stereocenters. The van der Waals surface area contributed by atoms with E-state index in [1.807, 2.05) is 0 Å². The first-order chi connectivity index (χ1) is 11.0. The lowest BCUT2D eigenvalue weighted by atomic mass is 9.97. The quantitative estimate of drug-likeness (QED) is 0.705. The number of ether oxygens (including phenoxy) is 2. The smallest absolute Gasteiger partial charge is 0.407 e. The van der Waals surface area contributed by atoms with E-state index < -0.39 is 29.9 Å². The Hall–Kier alpha value is -2.12. The molecule has 3 N–H and O–H groups in total. The van der Waals surface area contributed by atoms with Gasteiger partial charge >= 0.3 is 12.1 Å². The summed E-state index contributed by atoms with van der Waals surface area (Å²) in [4.78, 5) is 23.0. The lowest BCUT2D eigenvalue weighted by molar-refractivity contribution is 0.0126. The predicted octanol–water partition coefficient (Wildman–Crippen LogP) is 1.70. The summed E-state index contributed by atoms with van der Waals surface area (Å²) in [5, 5.41) is 22.7. The number of carbonyl (C=O) groups excluding carboxylic acids is 2. The van der Waals surface area contributed by atoms with Crippen LogP contribution in [0, 0.1) is 6.92 Å². The van der Waals surface area contributed by atoms with E-state index in [1.54, 1.807) is 39.8 Å². The average molecular weight is 339 g/mol. The van der Waals surface area contributed by atoms with Crippen LogP contribution in [0.4, 0.5) is 4.79 Å². The summed E-state index contributed by atoms with van der Waals surface area (Å²) in [6.45, 7) is 6.71. The van der Waals surface area contributed by atoms with Crippen LogP contribution in [0.25, 0.3) is 0 Å². The summed E-state index contributed by atoms with van der Waals surface area (Å²) in [6.07, 6.45) is -3.11. The van der Waals surface area contributed by atoms with Crippen LogP contribution < -0.4 is 5.32 Å². The highest BCUT2D eigenvalue weighted by atomic mass is 16.6. The molecule has 0 aliphatic rings. The first-order valence-electron chi connectivity index (χ1n) is 7.57. The number of hydrogen-bond acceptors (Lipinski definition) is 6. The maximum atomic E-state index is 11.6. The van der Waals surface area contributed by atoms with E-state index in [-0.39, 0.29) is 6.54 Å². The highest BCUT2D eigenvalue weighted by Crippen LogP contribution is 2.22. The van der Waals surface area contributed by atoms with E-state index in [1.165, 1.54) is 13.2 Å². The molecule has 7 heteroatoms. The minimum atomic E-state index is -1.22. The standard InChI is InChI=1S/C17H25NO6/c1-10-8-11(15(21)23-5)6-7-12(10)14(20)13(19)9-18-16(22)24-17(2,3)4/h6-8,13-14,19-20H,9H2,1-5H3,(H,18,22). The number of benzene rings is 1. The summed E-state index contributed by atoms with van der Waals surface area (Å²) < 4.78 is 9.69. The molecular formula is C17H25NO6. The number of aryl methyl sites for hydroxylation is 1. The van der Waals surface area contributed by atoms with Gasteiger partial charge in [-0.25, -0.2) is 9.59 Å². The molecule has 0 aliphatic heterocycles. The average Bonchev–Trinajstić information content (AvgIpc) is 2.49. The van der Waals surface area contributed by atoms with Gasteiger partial charge in [0.25, 0.3) is 0 Å². The highest BCUT2D eigenvalue weighted by molar-refractivity contribution is 5.89. The van der Waals surface area contributed by atoms with Crippen molar-refractivity contribution in [3.63, 3.8) is 0 Å². The maximum Gasteiger partial charge on any atom is 0.407 e. The van der Waals surface area contributed by atoms with Gasteiger partial charge < -0.3 is 25.0 Å². The lowest BCUT2D eigenvalue weighted by Crippen LogP contribution is -2.39. The Morgan fingerprint density at radius 1 is 1.25 bits per heavy atom. The van der Waals surface area contributed by atoms with Crippen LogP contribution in [0.2, 0.25) is 0 Å². The zero-order chi connectivity index (χ0) is 18.5. The highest BCUT2D eigenvalue weighted by Gasteiger charge is 2.23. The van der Waals surface area contributed by atoms with E-state index >= 15 is 0 Å². The van der Waals surface area contributed by atoms with E-state index in [9.17, 15) is 19.8 Å². The number of aliphatic hydroxyl groups excluding tert-OH is 2. The number of nitrogens with one attached hydrogen (secondary N) is 1. The van der Waals surface area contributed by atoms with E-state index in [0.717, 1.165) is 0 Å². The van der Waals surface area contributed by atoms with Crippen molar-refractivity contribution in [1.29, 1.82) is 0 Å². The molecule has 7 nitrogen and oxygen atoms in total. The van der Waals surface area contributed by atoms with E-state index in [0.29, 0.717) is 16.7 Å². The fourth-order valence-corrected chi connectivity index (χ4v) is 2.07. The molecule has 0 saturated heterocycles. The third kappa shape index (κ3) is 5.82. The van der Waals surface area contributed by atoms with Gasteiger partial charge in [0.05, 0.1) is 12.7 Å². The van der Waals surface area contributed by atoms with Crippen molar-refractivity contribution in [2.45, 2.75) is 45.5 Å². The molecule has 1 aromatic rings. The minimum absolute atomic E-state index is 0.172. The number of amides is 1. The number of carbonyl (C=O) groups is 2. The molecular weight excluding hydrogens is 314 g/mol. The van der Waals surface area contributed by atoms with Gasteiger partial charge in [0, 0.05) is 6.54 Å². The Bertz CT molecular complexity index is 593.